The molecule has 0 radical (unpaired) electrons. The van der Waals surface area contributed by atoms with Gasteiger partial charge in [0.2, 0.25) is 5.60 Å². The van der Waals surface area contributed by atoms with Crippen molar-refractivity contribution in [2.45, 2.75) is 42.4 Å². The zero-order chi connectivity index (χ0) is 31.9. The van der Waals surface area contributed by atoms with Gasteiger partial charge in [-0.2, -0.15) is 4.98 Å². The number of fused-ring (bicyclic) bond motifs is 2. The molecule has 3 atom stereocenters. The van der Waals surface area contributed by atoms with E-state index in [1.807, 2.05) is 0 Å². The number of nitrogen functional groups attached to an aromatic ring is 2. The minimum Gasteiger partial charge on any atom is -0.478 e. The Bertz CT molecular complexity index is 1750. The van der Waals surface area contributed by atoms with Gasteiger partial charge >= 0.3 is 11.9 Å². The maximum Gasteiger partial charge on any atom is 0.352 e. The van der Waals surface area contributed by atoms with Crippen LogP contribution in [0.15, 0.2) is 39.4 Å². The van der Waals surface area contributed by atoms with Crippen LogP contribution in [0.4, 0.5) is 10.9 Å². The van der Waals surface area contributed by atoms with Crippen molar-refractivity contribution >= 4 is 80.9 Å². The summed E-state index contributed by atoms with van der Waals surface area (Å²) in [6.07, 6.45) is 1.63. The third kappa shape index (κ3) is 5.62. The Morgan fingerprint density at radius 2 is 2.07 bits per heavy atom. The minimum absolute atomic E-state index is 0.0224. The second-order valence-corrected chi connectivity index (χ2v) is 12.8. The van der Waals surface area contributed by atoms with Crippen molar-refractivity contribution in [1.82, 2.24) is 29.8 Å². The number of nitrogens with one attached hydrogen (secondary N) is 1. The summed E-state index contributed by atoms with van der Waals surface area (Å²) >= 11 is 3.53. The van der Waals surface area contributed by atoms with Crippen LogP contribution in [0.3, 0.4) is 0 Å². The number of aliphatic carboxylic acids is 2. The van der Waals surface area contributed by atoms with Crippen LogP contribution in [-0.2, 0) is 31.1 Å². The molecule has 0 saturated carbocycles. The summed E-state index contributed by atoms with van der Waals surface area (Å²) in [6, 6.07) is 0.571. The summed E-state index contributed by atoms with van der Waals surface area (Å²) in [4.78, 5) is 65.4. The van der Waals surface area contributed by atoms with Crippen LogP contribution in [0.2, 0.25) is 0 Å². The fraction of sp³-hybridized carbons (Fsp3) is 0.375. The highest BCUT2D eigenvalue weighted by Crippen LogP contribution is 2.41. The number of anilines is 2. The highest BCUT2D eigenvalue weighted by atomic mass is 32.2. The number of thioether (sulfide) groups is 2. The molecular weight excluding hydrogens is 637 g/mol. The number of nitrogens with two attached hydrogens (primary N) is 2. The molecule has 3 aromatic rings. The van der Waals surface area contributed by atoms with Gasteiger partial charge in [0, 0.05) is 22.0 Å². The summed E-state index contributed by atoms with van der Waals surface area (Å²) in [5.41, 5.74) is 10.6. The number of carboxylic acids is 2. The Morgan fingerprint density at radius 3 is 2.70 bits per heavy atom. The van der Waals surface area contributed by atoms with Gasteiger partial charge < -0.3 is 31.8 Å². The second-order valence-electron chi connectivity index (χ2n) is 9.87. The number of carboxylic acid groups (broad SMARTS) is 2. The van der Waals surface area contributed by atoms with Gasteiger partial charge in [-0.15, -0.1) is 23.1 Å². The molecule has 7 N–H and O–H groups in total. The number of aromatic nitrogens is 5. The standard InChI is InChI=1S/C24H26N10O7S3/c1-4-24(2,21(39)40)41-31-14(11-8-43-22(26)28-11)17(35)30-15-18(36)33-16(20(37)38)10(6-42-19(15)33)7-44-23-29-12(25)5-13-32(3)9-27-34(13)23/h5,8-9,15,19,25H,4,6-7H2,1-3H3,(H5,26,28,30,35,37,38,39,40)/p+1/b31-14-/t15?,19-,24?/m1/s1. The molecular formula is C24H27N10O7S3+. The Hall–Kier alpha value is -4.43. The monoisotopic (exact) mass is 663 g/mol. The van der Waals surface area contributed by atoms with Gasteiger partial charge in [0.25, 0.3) is 28.9 Å². The van der Waals surface area contributed by atoms with E-state index in [0.29, 0.717) is 16.4 Å². The predicted molar refractivity (Wildman–Crippen MR) is 159 cm³/mol. The van der Waals surface area contributed by atoms with E-state index in [-0.39, 0.29) is 46.0 Å². The van der Waals surface area contributed by atoms with E-state index >= 15 is 0 Å². The largest absolute Gasteiger partial charge is 0.478 e. The highest BCUT2D eigenvalue weighted by Gasteiger charge is 2.54. The van der Waals surface area contributed by atoms with E-state index < -0.39 is 40.8 Å². The van der Waals surface area contributed by atoms with Crippen LogP contribution in [0.1, 0.15) is 26.0 Å². The van der Waals surface area contributed by atoms with E-state index in [2.05, 4.69) is 25.5 Å². The summed E-state index contributed by atoms with van der Waals surface area (Å²) < 4.78 is 3.35. The molecule has 5 rings (SSSR count). The van der Waals surface area contributed by atoms with E-state index in [9.17, 15) is 29.4 Å². The molecule has 2 amide bonds. The van der Waals surface area contributed by atoms with Gasteiger partial charge in [-0.1, -0.05) is 23.8 Å². The topological polar surface area (TPSA) is 245 Å². The summed E-state index contributed by atoms with van der Waals surface area (Å²) in [7, 11) is 1.80. The number of nitrogens with zero attached hydrogens (tertiary/aromatic N) is 7. The first-order chi connectivity index (χ1) is 20.8. The second kappa shape index (κ2) is 11.9. The third-order valence-corrected chi connectivity index (χ3v) is 9.99. The quantitative estimate of drug-likeness (QED) is 0.0441. The average Bonchev–Trinajstić information content (AvgIpc) is 3.58. The van der Waals surface area contributed by atoms with Crippen molar-refractivity contribution < 1.29 is 38.8 Å². The zero-order valence-corrected chi connectivity index (χ0v) is 25.9. The van der Waals surface area contributed by atoms with E-state index in [1.54, 1.807) is 35.4 Å². The van der Waals surface area contributed by atoms with Crippen molar-refractivity contribution in [3.8, 4) is 0 Å². The molecule has 44 heavy (non-hydrogen) atoms. The molecule has 2 aliphatic heterocycles. The number of thiazole rings is 1. The number of hydrogen-bond donors (Lipinski definition) is 5. The van der Waals surface area contributed by atoms with Crippen LogP contribution in [0.25, 0.3) is 5.65 Å². The van der Waals surface area contributed by atoms with Crippen LogP contribution in [0.5, 0.6) is 0 Å². The van der Waals surface area contributed by atoms with Crippen molar-refractivity contribution in [3.05, 3.63) is 34.7 Å². The van der Waals surface area contributed by atoms with Crippen LogP contribution in [0, 0.1) is 0 Å². The summed E-state index contributed by atoms with van der Waals surface area (Å²) in [5.74, 6) is -3.37. The van der Waals surface area contributed by atoms with Crippen LogP contribution < -0.4 is 21.4 Å². The maximum absolute atomic E-state index is 13.3. The Labute approximate surface area is 261 Å². The molecule has 0 aliphatic carbocycles. The van der Waals surface area contributed by atoms with Crippen LogP contribution in [-0.4, -0.2) is 92.7 Å². The lowest BCUT2D eigenvalue weighted by Crippen LogP contribution is -2.71. The molecule has 2 aliphatic rings. The van der Waals surface area contributed by atoms with Gasteiger partial charge in [0.05, 0.1) is 13.1 Å². The van der Waals surface area contributed by atoms with E-state index in [4.69, 9.17) is 16.3 Å². The normalized spacial score (nSPS) is 19.8. The smallest absolute Gasteiger partial charge is 0.352 e. The fourth-order valence-corrected chi connectivity index (χ4v) is 7.28. The number of oxime groups is 1. The molecule has 232 valence electrons. The van der Waals surface area contributed by atoms with Crippen molar-refractivity contribution in [3.63, 3.8) is 0 Å². The molecule has 1 saturated heterocycles. The number of carbonyl (C=O) groups excluding carboxylic acids is 2. The number of β-lactam (4-membered cyclic amide) rings is 1. The van der Waals surface area contributed by atoms with E-state index in [0.717, 1.165) is 16.2 Å². The van der Waals surface area contributed by atoms with Gasteiger partial charge in [-0.05, 0) is 23.4 Å². The Morgan fingerprint density at radius 1 is 1.32 bits per heavy atom. The van der Waals surface area contributed by atoms with Crippen molar-refractivity contribution in [1.29, 1.82) is 0 Å². The number of aryl methyl sites for hydroxylation is 1. The molecule has 3 aromatic heterocycles. The summed E-state index contributed by atoms with van der Waals surface area (Å²) in [5, 5.41) is 31.5. The third-order valence-electron chi connectivity index (χ3n) is 6.96. The zero-order valence-electron chi connectivity index (χ0n) is 23.5. The predicted octanol–water partition coefficient (Wildman–Crippen LogP) is -0.320. The number of rotatable bonds is 11. The van der Waals surface area contributed by atoms with Crippen molar-refractivity contribution in [2.24, 2.45) is 12.2 Å². The lowest BCUT2D eigenvalue weighted by Gasteiger charge is -2.49. The molecule has 0 spiro atoms. The Balaban J connectivity index is 1.35. The van der Waals surface area contributed by atoms with Gasteiger partial charge in [0.15, 0.2) is 10.8 Å². The minimum atomic E-state index is -1.73. The Kier molecular flexibility index (Phi) is 8.40. The average molecular weight is 664 g/mol. The molecule has 17 nitrogen and oxygen atoms in total. The van der Waals surface area contributed by atoms with Gasteiger partial charge in [0.1, 0.15) is 28.6 Å². The molecule has 1 fully saturated rings. The molecule has 2 unspecified atom stereocenters. The highest BCUT2D eigenvalue weighted by molar-refractivity contribution is 8.01. The lowest BCUT2D eigenvalue weighted by atomic mass is 10.0. The van der Waals surface area contributed by atoms with Crippen molar-refractivity contribution in [2.75, 3.05) is 23.0 Å². The molecule has 0 bridgehead atoms. The number of carbonyl (C=O) groups is 4. The SMILES string of the molecule is CCC(C)(O/N=C(\C(=O)NC1C(=O)N2C(C(=O)O)=C(CSc3nc(N)cc4n3nc[n+]4C)CS[C@H]12)c1csc(N)n1)C(=O)O. The van der Waals surface area contributed by atoms with E-state index in [1.165, 1.54) is 35.8 Å². The summed E-state index contributed by atoms with van der Waals surface area (Å²) in [6.45, 7) is 2.88. The lowest BCUT2D eigenvalue weighted by molar-refractivity contribution is -0.646. The first-order valence-electron chi connectivity index (χ1n) is 12.9. The molecule has 0 aromatic carbocycles. The molecule has 5 heterocycles. The fourth-order valence-electron chi connectivity index (χ4n) is 4.28. The van der Waals surface area contributed by atoms with Gasteiger partial charge in [-0.25, -0.2) is 19.1 Å². The maximum atomic E-state index is 13.3. The first-order valence-corrected chi connectivity index (χ1v) is 15.8. The first kappa shape index (κ1) is 31.0. The number of amides is 2. The van der Waals surface area contributed by atoms with Crippen LogP contribution >= 0.6 is 34.9 Å². The van der Waals surface area contributed by atoms with Gasteiger partial charge in [-0.3, -0.25) is 14.5 Å². The molecule has 20 heteroatoms. The number of hydrogen-bond acceptors (Lipinski definition) is 14.